The predicted molar refractivity (Wildman–Crippen MR) is 131 cm³/mol. The Kier molecular flexibility index (Phi) is 9.39. The quantitative estimate of drug-likeness (QED) is 0.208. The van der Waals surface area contributed by atoms with Crippen molar-refractivity contribution in [1.82, 2.24) is 0 Å². The van der Waals surface area contributed by atoms with Gasteiger partial charge in [0.05, 0.1) is 5.56 Å². The number of unbranched alkanes of at least 4 members (excludes halogenated alkanes) is 5. The van der Waals surface area contributed by atoms with E-state index in [1.807, 2.05) is 36.4 Å². The molecule has 0 heterocycles. The lowest BCUT2D eigenvalue weighted by molar-refractivity contribution is 0.0734. The highest BCUT2D eigenvalue weighted by atomic mass is 16.5. The standard InChI is InChI=1S/C29H38O2/c1-3-5-6-7-8-9-10-24-11-15-25(16-12-24)26-17-19-27(20-18-26)29(30)31-28-21-13-23(4-2)14-22-28/h13-15,17-22,24H,3-12,16H2,1-2H3. The van der Waals surface area contributed by atoms with E-state index < -0.39 is 0 Å². The molecule has 31 heavy (non-hydrogen) atoms. The summed E-state index contributed by atoms with van der Waals surface area (Å²) in [6, 6.07) is 15.6. The lowest BCUT2D eigenvalue weighted by Crippen LogP contribution is -2.09. The zero-order chi connectivity index (χ0) is 21.9. The number of hydrogen-bond acceptors (Lipinski definition) is 2. The Morgan fingerprint density at radius 1 is 0.903 bits per heavy atom. The Morgan fingerprint density at radius 3 is 2.26 bits per heavy atom. The SMILES string of the molecule is CCCCCCCCC1CC=C(c2ccc(C(=O)Oc3ccc(CC)cc3)cc2)CC1. The average Bonchev–Trinajstić information content (AvgIpc) is 2.82. The molecule has 0 N–H and O–H groups in total. The highest BCUT2D eigenvalue weighted by molar-refractivity contribution is 5.91. The summed E-state index contributed by atoms with van der Waals surface area (Å²) < 4.78 is 5.51. The Hall–Kier alpha value is -2.35. The first-order chi connectivity index (χ1) is 15.2. The summed E-state index contributed by atoms with van der Waals surface area (Å²) in [5.74, 6) is 1.15. The molecule has 1 aliphatic rings. The third-order valence-electron chi connectivity index (χ3n) is 6.52. The Balaban J connectivity index is 1.46. The van der Waals surface area contributed by atoms with Crippen molar-refractivity contribution in [3.8, 4) is 5.75 Å². The molecule has 2 nitrogen and oxygen atoms in total. The minimum atomic E-state index is -0.299. The van der Waals surface area contributed by atoms with Crippen LogP contribution in [0.5, 0.6) is 5.75 Å². The van der Waals surface area contributed by atoms with Crippen LogP contribution in [0, 0.1) is 5.92 Å². The van der Waals surface area contributed by atoms with E-state index in [0.29, 0.717) is 11.3 Å². The molecule has 0 bridgehead atoms. The van der Waals surface area contributed by atoms with Crippen LogP contribution < -0.4 is 4.74 Å². The van der Waals surface area contributed by atoms with Gasteiger partial charge in [0.15, 0.2) is 0 Å². The number of allylic oxidation sites excluding steroid dienone is 2. The molecule has 0 spiro atoms. The van der Waals surface area contributed by atoms with Crippen molar-refractivity contribution in [2.45, 2.75) is 84.5 Å². The molecule has 3 rings (SSSR count). The predicted octanol–water partition coefficient (Wildman–Crippen LogP) is 8.40. The molecule has 0 saturated carbocycles. The zero-order valence-corrected chi connectivity index (χ0v) is 19.4. The number of hydrogen-bond donors (Lipinski definition) is 0. The van der Waals surface area contributed by atoms with Gasteiger partial charge < -0.3 is 4.74 Å². The first kappa shape index (κ1) is 23.3. The minimum absolute atomic E-state index is 0.299. The van der Waals surface area contributed by atoms with Gasteiger partial charge in [0.1, 0.15) is 5.75 Å². The van der Waals surface area contributed by atoms with Crippen molar-refractivity contribution < 1.29 is 9.53 Å². The highest BCUT2D eigenvalue weighted by Crippen LogP contribution is 2.33. The fourth-order valence-corrected chi connectivity index (χ4v) is 4.41. The number of aryl methyl sites for hydroxylation is 1. The Labute approximate surface area is 188 Å². The zero-order valence-electron chi connectivity index (χ0n) is 19.4. The first-order valence-corrected chi connectivity index (χ1v) is 12.3. The van der Waals surface area contributed by atoms with Gasteiger partial charge in [0, 0.05) is 0 Å². The summed E-state index contributed by atoms with van der Waals surface area (Å²) in [5, 5.41) is 0. The van der Waals surface area contributed by atoms with Gasteiger partial charge in [-0.05, 0) is 72.6 Å². The molecule has 166 valence electrons. The summed E-state index contributed by atoms with van der Waals surface area (Å²) >= 11 is 0. The van der Waals surface area contributed by atoms with E-state index in [4.69, 9.17) is 4.74 Å². The van der Waals surface area contributed by atoms with Gasteiger partial charge in [-0.3, -0.25) is 0 Å². The number of rotatable bonds is 11. The number of benzene rings is 2. The highest BCUT2D eigenvalue weighted by Gasteiger charge is 2.16. The summed E-state index contributed by atoms with van der Waals surface area (Å²) in [7, 11) is 0. The van der Waals surface area contributed by atoms with Crippen LogP contribution in [0.15, 0.2) is 54.6 Å². The maximum Gasteiger partial charge on any atom is 0.343 e. The summed E-state index contributed by atoms with van der Waals surface area (Å²) in [5.41, 5.74) is 4.50. The van der Waals surface area contributed by atoms with Crippen molar-refractivity contribution in [1.29, 1.82) is 0 Å². The molecule has 0 fully saturated rings. The van der Waals surface area contributed by atoms with Crippen LogP contribution in [0.4, 0.5) is 0 Å². The fraction of sp³-hybridized carbons (Fsp3) is 0.483. The Morgan fingerprint density at radius 2 is 1.61 bits per heavy atom. The van der Waals surface area contributed by atoms with Crippen LogP contribution in [0.25, 0.3) is 5.57 Å². The van der Waals surface area contributed by atoms with E-state index in [-0.39, 0.29) is 5.97 Å². The normalized spacial score (nSPS) is 16.1. The minimum Gasteiger partial charge on any atom is -0.423 e. The summed E-state index contributed by atoms with van der Waals surface area (Å²) in [6.07, 6.45) is 16.7. The second kappa shape index (κ2) is 12.5. The maximum absolute atomic E-state index is 12.4. The molecule has 0 aliphatic heterocycles. The van der Waals surface area contributed by atoms with Crippen LogP contribution >= 0.6 is 0 Å². The molecule has 0 saturated heterocycles. The molecule has 1 atom stereocenters. The van der Waals surface area contributed by atoms with Crippen LogP contribution in [-0.2, 0) is 6.42 Å². The molecular formula is C29H38O2. The second-order valence-corrected chi connectivity index (χ2v) is 8.89. The smallest absolute Gasteiger partial charge is 0.343 e. The van der Waals surface area contributed by atoms with Crippen LogP contribution in [-0.4, -0.2) is 5.97 Å². The van der Waals surface area contributed by atoms with Gasteiger partial charge in [0.25, 0.3) is 0 Å². The Bertz CT molecular complexity index is 830. The largest absolute Gasteiger partial charge is 0.423 e. The number of carbonyl (C=O) groups is 1. The topological polar surface area (TPSA) is 26.3 Å². The van der Waals surface area contributed by atoms with Crippen molar-refractivity contribution in [3.05, 3.63) is 71.3 Å². The van der Waals surface area contributed by atoms with Gasteiger partial charge in [-0.2, -0.15) is 0 Å². The van der Waals surface area contributed by atoms with Gasteiger partial charge >= 0.3 is 5.97 Å². The van der Waals surface area contributed by atoms with E-state index in [1.54, 1.807) is 0 Å². The van der Waals surface area contributed by atoms with Crippen LogP contribution in [0.2, 0.25) is 0 Å². The fourth-order valence-electron chi connectivity index (χ4n) is 4.41. The number of carbonyl (C=O) groups excluding carboxylic acids is 1. The van der Waals surface area contributed by atoms with Crippen molar-refractivity contribution in [3.63, 3.8) is 0 Å². The van der Waals surface area contributed by atoms with Crippen molar-refractivity contribution in [2.24, 2.45) is 5.92 Å². The first-order valence-electron chi connectivity index (χ1n) is 12.3. The lowest BCUT2D eigenvalue weighted by Gasteiger charge is -2.22. The van der Waals surface area contributed by atoms with E-state index in [0.717, 1.165) is 18.8 Å². The molecule has 1 unspecified atom stereocenters. The average molecular weight is 419 g/mol. The van der Waals surface area contributed by atoms with E-state index in [2.05, 4.69) is 32.1 Å². The molecule has 0 amide bonds. The molecule has 2 aromatic carbocycles. The number of esters is 1. The molecule has 0 aromatic heterocycles. The van der Waals surface area contributed by atoms with E-state index in [1.165, 1.54) is 74.5 Å². The molecule has 0 radical (unpaired) electrons. The van der Waals surface area contributed by atoms with Gasteiger partial charge in [0.2, 0.25) is 0 Å². The van der Waals surface area contributed by atoms with Crippen molar-refractivity contribution >= 4 is 11.5 Å². The summed E-state index contributed by atoms with van der Waals surface area (Å²) in [4.78, 5) is 12.4. The second-order valence-electron chi connectivity index (χ2n) is 8.89. The van der Waals surface area contributed by atoms with E-state index >= 15 is 0 Å². The van der Waals surface area contributed by atoms with Crippen LogP contribution in [0.1, 0.15) is 99.5 Å². The van der Waals surface area contributed by atoms with Crippen LogP contribution in [0.3, 0.4) is 0 Å². The van der Waals surface area contributed by atoms with Gasteiger partial charge in [-0.15, -0.1) is 0 Å². The summed E-state index contributed by atoms with van der Waals surface area (Å²) in [6.45, 7) is 4.39. The molecule has 2 heteroatoms. The van der Waals surface area contributed by atoms with Gasteiger partial charge in [-0.1, -0.05) is 89.1 Å². The molecule has 2 aromatic rings. The molecule has 1 aliphatic carbocycles. The number of ether oxygens (including phenoxy) is 1. The van der Waals surface area contributed by atoms with Crippen molar-refractivity contribution in [2.75, 3.05) is 0 Å². The van der Waals surface area contributed by atoms with Gasteiger partial charge in [-0.25, -0.2) is 4.79 Å². The lowest BCUT2D eigenvalue weighted by atomic mass is 9.83. The van der Waals surface area contributed by atoms with E-state index in [9.17, 15) is 4.79 Å². The third-order valence-corrected chi connectivity index (χ3v) is 6.52. The maximum atomic E-state index is 12.4. The monoisotopic (exact) mass is 418 g/mol. The third kappa shape index (κ3) is 7.38. The molecular weight excluding hydrogens is 380 g/mol.